The summed E-state index contributed by atoms with van der Waals surface area (Å²) in [5.41, 5.74) is 2.64. The number of nitrogens with zero attached hydrogens (tertiary/aromatic N) is 2. The smallest absolute Gasteiger partial charge is 0.227 e. The number of carbonyl (C=O) groups excluding carboxylic acids is 1. The molecule has 0 aliphatic carbocycles. The van der Waals surface area contributed by atoms with Crippen molar-refractivity contribution in [1.29, 1.82) is 0 Å². The van der Waals surface area contributed by atoms with Gasteiger partial charge in [0.25, 0.3) is 0 Å². The maximum absolute atomic E-state index is 12.1. The largest absolute Gasteiger partial charge is 0.306 e. The lowest BCUT2D eigenvalue weighted by Crippen LogP contribution is -2.36. The summed E-state index contributed by atoms with van der Waals surface area (Å²) in [4.78, 5) is 18.1. The van der Waals surface area contributed by atoms with Crippen molar-refractivity contribution in [2.24, 2.45) is 0 Å². The van der Waals surface area contributed by atoms with Gasteiger partial charge in [-0.3, -0.25) is 4.79 Å². The van der Waals surface area contributed by atoms with E-state index in [2.05, 4.69) is 18.1 Å². The van der Waals surface area contributed by atoms with E-state index in [4.69, 9.17) is 11.6 Å². The predicted octanol–water partition coefficient (Wildman–Crippen LogP) is 3.31. The van der Waals surface area contributed by atoms with Gasteiger partial charge in [0, 0.05) is 12.8 Å². The topological polar surface area (TPSA) is 33.2 Å². The van der Waals surface area contributed by atoms with E-state index in [1.807, 2.05) is 12.1 Å². The van der Waals surface area contributed by atoms with Gasteiger partial charge in [0.2, 0.25) is 5.91 Å². The average molecular weight is 275 g/mol. The lowest BCUT2D eigenvalue weighted by molar-refractivity contribution is -0.118. The molecular formula is C15H15ClN2O. The molecule has 2 heterocycles. The monoisotopic (exact) mass is 274 g/mol. The van der Waals surface area contributed by atoms with E-state index in [-0.39, 0.29) is 5.91 Å². The molecule has 0 bridgehead atoms. The van der Waals surface area contributed by atoms with Crippen LogP contribution in [-0.2, 0) is 11.2 Å². The number of carbonyl (C=O) groups is 1. The zero-order valence-electron chi connectivity index (χ0n) is 10.6. The summed E-state index contributed by atoms with van der Waals surface area (Å²) >= 11 is 5.89. The van der Waals surface area contributed by atoms with Gasteiger partial charge in [-0.05, 0) is 17.7 Å². The van der Waals surface area contributed by atoms with Crippen molar-refractivity contribution < 1.29 is 4.79 Å². The molecule has 0 aromatic carbocycles. The van der Waals surface area contributed by atoms with Crippen LogP contribution in [0.4, 0.5) is 5.69 Å². The highest BCUT2D eigenvalue weighted by Crippen LogP contribution is 2.28. The van der Waals surface area contributed by atoms with Crippen LogP contribution < -0.4 is 4.90 Å². The van der Waals surface area contributed by atoms with Gasteiger partial charge in [-0.25, -0.2) is 4.98 Å². The Bertz CT molecular complexity index is 563. The van der Waals surface area contributed by atoms with E-state index in [0.29, 0.717) is 24.5 Å². The molecule has 0 fully saturated rings. The summed E-state index contributed by atoms with van der Waals surface area (Å²) < 4.78 is 0. The summed E-state index contributed by atoms with van der Waals surface area (Å²) in [5, 5.41) is 0.457. The normalized spacial score (nSPS) is 15.1. The lowest BCUT2D eigenvalue weighted by atomic mass is 10.1. The molecule has 3 nitrogen and oxygen atoms in total. The highest BCUT2D eigenvalue weighted by molar-refractivity contribution is 6.29. The fourth-order valence-corrected chi connectivity index (χ4v) is 2.25. The minimum absolute atomic E-state index is 0.0911. The SMILES string of the molecule is C=C/C=C(\C=C)CN1C(=O)CCc2nc(Cl)ccc21. The first-order valence-corrected chi connectivity index (χ1v) is 6.43. The number of halogens is 1. The van der Waals surface area contributed by atoms with E-state index in [1.54, 1.807) is 23.1 Å². The predicted molar refractivity (Wildman–Crippen MR) is 78.4 cm³/mol. The second-order valence-corrected chi connectivity index (χ2v) is 4.65. The van der Waals surface area contributed by atoms with Gasteiger partial charge in [0.15, 0.2) is 0 Å². The number of pyridine rings is 1. The molecule has 1 aliphatic heterocycles. The van der Waals surface area contributed by atoms with E-state index in [0.717, 1.165) is 17.0 Å². The molecular weight excluding hydrogens is 260 g/mol. The van der Waals surface area contributed by atoms with Crippen LogP contribution >= 0.6 is 11.6 Å². The first-order valence-electron chi connectivity index (χ1n) is 6.05. The molecule has 0 unspecified atom stereocenters. The van der Waals surface area contributed by atoms with Crippen LogP contribution in [0.3, 0.4) is 0 Å². The van der Waals surface area contributed by atoms with Gasteiger partial charge in [0.1, 0.15) is 5.15 Å². The second kappa shape index (κ2) is 5.85. The van der Waals surface area contributed by atoms with Gasteiger partial charge in [-0.15, -0.1) is 0 Å². The van der Waals surface area contributed by atoms with Crippen LogP contribution in [0.25, 0.3) is 0 Å². The van der Waals surface area contributed by atoms with Crippen LogP contribution in [0, 0.1) is 0 Å². The number of allylic oxidation sites excluding steroid dienone is 2. The highest BCUT2D eigenvalue weighted by Gasteiger charge is 2.25. The molecule has 0 atom stereocenters. The van der Waals surface area contributed by atoms with Crippen molar-refractivity contribution in [3.05, 3.63) is 59.9 Å². The molecule has 1 amide bonds. The Labute approximate surface area is 117 Å². The number of hydrogen-bond acceptors (Lipinski definition) is 2. The summed E-state index contributed by atoms with van der Waals surface area (Å²) in [6, 6.07) is 3.55. The van der Waals surface area contributed by atoms with Crippen molar-refractivity contribution in [3.8, 4) is 0 Å². The molecule has 0 radical (unpaired) electrons. The number of hydrogen-bond donors (Lipinski definition) is 0. The zero-order chi connectivity index (χ0) is 13.8. The van der Waals surface area contributed by atoms with Crippen molar-refractivity contribution in [2.75, 3.05) is 11.4 Å². The molecule has 4 heteroatoms. The third kappa shape index (κ3) is 2.93. The lowest BCUT2D eigenvalue weighted by Gasteiger charge is -2.29. The number of fused-ring (bicyclic) bond motifs is 1. The molecule has 1 aromatic rings. The Balaban J connectivity index is 2.35. The highest BCUT2D eigenvalue weighted by atomic mass is 35.5. The van der Waals surface area contributed by atoms with Gasteiger partial charge >= 0.3 is 0 Å². The summed E-state index contributed by atoms with van der Waals surface area (Å²) in [6.07, 6.45) is 6.36. The van der Waals surface area contributed by atoms with Crippen LogP contribution in [-0.4, -0.2) is 17.4 Å². The van der Waals surface area contributed by atoms with Crippen LogP contribution in [0.15, 0.2) is 49.1 Å². The molecule has 1 aromatic heterocycles. The molecule has 0 saturated carbocycles. The van der Waals surface area contributed by atoms with Gasteiger partial charge in [-0.1, -0.05) is 43.0 Å². The fourth-order valence-electron chi connectivity index (χ4n) is 2.08. The fraction of sp³-hybridized carbons (Fsp3) is 0.200. The minimum atomic E-state index is 0.0911. The Morgan fingerprint density at radius 2 is 2.21 bits per heavy atom. The summed E-state index contributed by atoms with van der Waals surface area (Å²) in [6.45, 7) is 7.89. The van der Waals surface area contributed by atoms with Crippen LogP contribution in [0.1, 0.15) is 12.1 Å². The van der Waals surface area contributed by atoms with Crippen molar-refractivity contribution in [2.45, 2.75) is 12.8 Å². The van der Waals surface area contributed by atoms with E-state index < -0.39 is 0 Å². The Morgan fingerprint density at radius 3 is 2.89 bits per heavy atom. The number of amides is 1. The first kappa shape index (κ1) is 13.6. The molecule has 1 aliphatic rings. The number of anilines is 1. The van der Waals surface area contributed by atoms with E-state index in [1.165, 1.54) is 0 Å². The zero-order valence-corrected chi connectivity index (χ0v) is 11.4. The van der Waals surface area contributed by atoms with Crippen LogP contribution in [0.5, 0.6) is 0 Å². The van der Waals surface area contributed by atoms with Crippen molar-refractivity contribution in [1.82, 2.24) is 4.98 Å². The molecule has 0 N–H and O–H groups in total. The van der Waals surface area contributed by atoms with Gasteiger partial charge in [-0.2, -0.15) is 0 Å². The van der Waals surface area contributed by atoms with Gasteiger partial charge < -0.3 is 4.90 Å². The molecule has 19 heavy (non-hydrogen) atoms. The minimum Gasteiger partial charge on any atom is -0.306 e. The van der Waals surface area contributed by atoms with Crippen molar-refractivity contribution in [3.63, 3.8) is 0 Å². The average Bonchev–Trinajstić information content (AvgIpc) is 2.41. The van der Waals surface area contributed by atoms with E-state index >= 15 is 0 Å². The van der Waals surface area contributed by atoms with Crippen molar-refractivity contribution >= 4 is 23.2 Å². The maximum Gasteiger partial charge on any atom is 0.227 e. The number of aromatic nitrogens is 1. The molecule has 98 valence electrons. The molecule has 2 rings (SSSR count). The Morgan fingerprint density at radius 1 is 1.42 bits per heavy atom. The molecule has 0 spiro atoms. The quantitative estimate of drug-likeness (QED) is 0.623. The Kier molecular flexibility index (Phi) is 4.17. The summed E-state index contributed by atoms with van der Waals surface area (Å²) in [7, 11) is 0. The molecule has 0 saturated heterocycles. The number of aryl methyl sites for hydroxylation is 1. The Hall–Kier alpha value is -1.87. The standard InChI is InChI=1S/C15H15ClN2O/c1-3-5-11(4-2)10-18-13-7-8-14(16)17-12(13)6-9-15(18)19/h3-5,7-8H,1-2,6,9-10H2/b11-5+. The maximum atomic E-state index is 12.1. The van der Waals surface area contributed by atoms with Crippen LogP contribution in [0.2, 0.25) is 5.15 Å². The third-order valence-electron chi connectivity index (χ3n) is 3.02. The second-order valence-electron chi connectivity index (χ2n) is 4.26. The summed E-state index contributed by atoms with van der Waals surface area (Å²) in [5.74, 6) is 0.0911. The van der Waals surface area contributed by atoms with Gasteiger partial charge in [0.05, 0.1) is 17.9 Å². The first-order chi connectivity index (χ1) is 9.15. The number of rotatable bonds is 4. The van der Waals surface area contributed by atoms with E-state index in [9.17, 15) is 4.79 Å². The third-order valence-corrected chi connectivity index (χ3v) is 3.23.